The van der Waals surface area contributed by atoms with Gasteiger partial charge < -0.3 is 37.3 Å². The van der Waals surface area contributed by atoms with Crippen molar-refractivity contribution in [2.75, 3.05) is 17.7 Å². The molecular weight excluding hydrogens is 536 g/mol. The van der Waals surface area contributed by atoms with Crippen molar-refractivity contribution in [1.82, 2.24) is 10.3 Å². The fourth-order valence-corrected chi connectivity index (χ4v) is 4.45. The van der Waals surface area contributed by atoms with Crippen LogP contribution in [0.3, 0.4) is 0 Å². The summed E-state index contributed by atoms with van der Waals surface area (Å²) in [6.07, 6.45) is 1.54. The zero-order valence-corrected chi connectivity index (χ0v) is 23.6. The second-order valence-corrected chi connectivity index (χ2v) is 9.88. The monoisotopic (exact) mass is 570 g/mol. The highest BCUT2D eigenvalue weighted by atomic mass is 16.5. The Morgan fingerprint density at radius 1 is 0.905 bits per heavy atom. The van der Waals surface area contributed by atoms with Crippen LogP contribution in [0.2, 0.25) is 0 Å². The molecule has 0 spiro atoms. The number of carbonyl (C=O) groups excluding carboxylic acids is 3. The molecule has 0 aliphatic carbocycles. The fourth-order valence-electron chi connectivity index (χ4n) is 4.45. The number of rotatable bonds is 12. The molecule has 8 N–H and O–H groups in total. The van der Waals surface area contributed by atoms with Crippen molar-refractivity contribution in [3.63, 3.8) is 0 Å². The zero-order chi connectivity index (χ0) is 30.4. The lowest BCUT2D eigenvalue weighted by Crippen LogP contribution is -2.33. The highest BCUT2D eigenvalue weighted by molar-refractivity contribution is 5.99. The molecule has 1 unspecified atom stereocenters. The number of nitrogen functional groups attached to an aromatic ring is 1. The summed E-state index contributed by atoms with van der Waals surface area (Å²) in [4.78, 5) is 41.5. The number of nitrogens with one attached hydrogen (secondary N) is 2. The SMILES string of the molecule is CCOc1cc(C(Nc2ccc3c(N)nccc3c2)C(=O)NCc2cc(C(N)=O)cc(C(N)=O)c2)ccc1OC(C)C. The molecule has 42 heavy (non-hydrogen) atoms. The molecule has 0 saturated heterocycles. The van der Waals surface area contributed by atoms with E-state index in [-0.39, 0.29) is 29.7 Å². The van der Waals surface area contributed by atoms with E-state index in [1.165, 1.54) is 18.2 Å². The number of nitrogens with two attached hydrogens (primary N) is 3. The Balaban J connectivity index is 1.69. The number of primary amides is 2. The van der Waals surface area contributed by atoms with E-state index in [0.717, 1.165) is 10.8 Å². The van der Waals surface area contributed by atoms with E-state index in [2.05, 4.69) is 15.6 Å². The number of hydrogen-bond donors (Lipinski definition) is 5. The molecule has 0 aliphatic rings. The molecule has 4 aromatic rings. The summed E-state index contributed by atoms with van der Waals surface area (Å²) in [6.45, 7) is 6.11. The lowest BCUT2D eigenvalue weighted by molar-refractivity contribution is -0.122. The van der Waals surface area contributed by atoms with Crippen molar-refractivity contribution in [2.24, 2.45) is 11.5 Å². The summed E-state index contributed by atoms with van der Waals surface area (Å²) in [6, 6.07) is 16.1. The Morgan fingerprint density at radius 2 is 1.62 bits per heavy atom. The number of hydrogen-bond acceptors (Lipinski definition) is 8. The van der Waals surface area contributed by atoms with Crippen LogP contribution in [0.15, 0.2) is 66.9 Å². The van der Waals surface area contributed by atoms with Gasteiger partial charge in [-0.15, -0.1) is 0 Å². The van der Waals surface area contributed by atoms with Crippen LogP contribution in [0.1, 0.15) is 58.7 Å². The van der Waals surface area contributed by atoms with E-state index in [0.29, 0.717) is 40.7 Å². The number of fused-ring (bicyclic) bond motifs is 1. The van der Waals surface area contributed by atoms with Crippen molar-refractivity contribution >= 4 is 40.0 Å². The highest BCUT2D eigenvalue weighted by Crippen LogP contribution is 2.33. The maximum Gasteiger partial charge on any atom is 0.248 e. The van der Waals surface area contributed by atoms with E-state index in [1.54, 1.807) is 24.4 Å². The van der Waals surface area contributed by atoms with Gasteiger partial charge in [0.25, 0.3) is 0 Å². The third kappa shape index (κ3) is 7.05. The number of aromatic nitrogens is 1. The first-order valence-corrected chi connectivity index (χ1v) is 13.4. The Hall–Kier alpha value is -5.32. The first-order valence-electron chi connectivity index (χ1n) is 13.4. The molecule has 0 bridgehead atoms. The van der Waals surface area contributed by atoms with Gasteiger partial charge in [-0.2, -0.15) is 0 Å². The molecule has 3 aromatic carbocycles. The van der Waals surface area contributed by atoms with E-state index >= 15 is 0 Å². The molecule has 0 aliphatic heterocycles. The molecule has 11 heteroatoms. The summed E-state index contributed by atoms with van der Waals surface area (Å²) in [5, 5.41) is 7.84. The second kappa shape index (κ2) is 12.9. The van der Waals surface area contributed by atoms with Crippen LogP contribution < -0.4 is 37.3 Å². The van der Waals surface area contributed by atoms with Crippen LogP contribution in [0, 0.1) is 0 Å². The lowest BCUT2D eigenvalue weighted by atomic mass is 10.0. The Labute approximate surface area is 243 Å². The van der Waals surface area contributed by atoms with Gasteiger partial charge in [-0.1, -0.05) is 6.07 Å². The summed E-state index contributed by atoms with van der Waals surface area (Å²) in [7, 11) is 0. The average molecular weight is 571 g/mol. The van der Waals surface area contributed by atoms with Gasteiger partial charge in [0.1, 0.15) is 11.9 Å². The van der Waals surface area contributed by atoms with Crippen LogP contribution in [0.25, 0.3) is 10.8 Å². The van der Waals surface area contributed by atoms with Gasteiger partial charge in [0, 0.05) is 34.9 Å². The molecule has 4 rings (SSSR count). The van der Waals surface area contributed by atoms with Crippen LogP contribution in [0.5, 0.6) is 11.5 Å². The summed E-state index contributed by atoms with van der Waals surface area (Å²) >= 11 is 0. The molecule has 0 radical (unpaired) electrons. The van der Waals surface area contributed by atoms with Crippen molar-refractivity contribution in [2.45, 2.75) is 39.5 Å². The molecule has 1 aromatic heterocycles. The number of ether oxygens (including phenoxy) is 2. The number of anilines is 2. The summed E-state index contributed by atoms with van der Waals surface area (Å²) < 4.78 is 11.7. The highest BCUT2D eigenvalue weighted by Gasteiger charge is 2.23. The van der Waals surface area contributed by atoms with Gasteiger partial charge >= 0.3 is 0 Å². The van der Waals surface area contributed by atoms with Crippen molar-refractivity contribution in [1.29, 1.82) is 0 Å². The maximum atomic E-state index is 13.7. The number of carbonyl (C=O) groups is 3. The first kappa shape index (κ1) is 29.7. The van der Waals surface area contributed by atoms with Crippen LogP contribution in [-0.4, -0.2) is 35.4 Å². The molecule has 1 atom stereocenters. The molecule has 3 amide bonds. The van der Waals surface area contributed by atoms with Gasteiger partial charge in [-0.25, -0.2) is 4.98 Å². The first-order chi connectivity index (χ1) is 20.0. The minimum Gasteiger partial charge on any atom is -0.490 e. The third-order valence-electron chi connectivity index (χ3n) is 6.36. The standard InChI is InChI=1S/C31H34N6O5/c1-4-41-26-15-20(5-8-25(26)42-17(2)3)27(37-23-6-7-24-19(14-23)9-10-35-28(24)32)31(40)36-16-18-11-21(29(33)38)13-22(12-18)30(34)39/h5-15,17,27,37H,4,16H2,1-3H3,(H2,32,35)(H2,33,38)(H2,34,39)(H,36,40). The molecule has 11 nitrogen and oxygen atoms in total. The van der Waals surface area contributed by atoms with Crippen LogP contribution >= 0.6 is 0 Å². The molecule has 1 heterocycles. The smallest absolute Gasteiger partial charge is 0.248 e. The van der Waals surface area contributed by atoms with E-state index in [1.807, 2.05) is 45.0 Å². The Kier molecular flexibility index (Phi) is 9.11. The Morgan fingerprint density at radius 3 is 2.26 bits per heavy atom. The van der Waals surface area contributed by atoms with Gasteiger partial charge in [0.05, 0.1) is 12.7 Å². The summed E-state index contributed by atoms with van der Waals surface area (Å²) in [5.74, 6) is -0.348. The molecule has 218 valence electrons. The summed E-state index contributed by atoms with van der Waals surface area (Å²) in [5.41, 5.74) is 18.8. The van der Waals surface area contributed by atoms with E-state index in [4.69, 9.17) is 26.7 Å². The topological polar surface area (TPSA) is 185 Å². The molecule has 0 fully saturated rings. The lowest BCUT2D eigenvalue weighted by Gasteiger charge is -2.22. The number of benzene rings is 3. The zero-order valence-electron chi connectivity index (χ0n) is 23.6. The third-order valence-corrected chi connectivity index (χ3v) is 6.36. The molecular formula is C31H34N6O5. The van der Waals surface area contributed by atoms with E-state index in [9.17, 15) is 14.4 Å². The number of amides is 3. The van der Waals surface area contributed by atoms with Crippen LogP contribution in [0.4, 0.5) is 11.5 Å². The largest absolute Gasteiger partial charge is 0.490 e. The number of pyridine rings is 1. The minimum absolute atomic E-state index is 0.00516. The van der Waals surface area contributed by atoms with Crippen molar-refractivity contribution < 1.29 is 23.9 Å². The maximum absolute atomic E-state index is 13.7. The predicted octanol–water partition coefficient (Wildman–Crippen LogP) is 3.67. The second-order valence-electron chi connectivity index (χ2n) is 9.88. The molecule has 0 saturated carbocycles. The van der Waals surface area contributed by atoms with Crippen molar-refractivity contribution in [3.05, 3.63) is 89.1 Å². The van der Waals surface area contributed by atoms with Gasteiger partial charge in [-0.05, 0) is 91.9 Å². The minimum atomic E-state index is -0.871. The average Bonchev–Trinajstić information content (AvgIpc) is 2.95. The van der Waals surface area contributed by atoms with Gasteiger partial charge in [-0.3, -0.25) is 14.4 Å². The van der Waals surface area contributed by atoms with Crippen LogP contribution in [-0.2, 0) is 11.3 Å². The van der Waals surface area contributed by atoms with Crippen molar-refractivity contribution in [3.8, 4) is 11.5 Å². The normalized spacial score (nSPS) is 11.6. The van der Waals surface area contributed by atoms with Gasteiger partial charge in [0.2, 0.25) is 17.7 Å². The van der Waals surface area contributed by atoms with Gasteiger partial charge in [0.15, 0.2) is 11.5 Å². The quantitative estimate of drug-likeness (QED) is 0.171. The van der Waals surface area contributed by atoms with E-state index < -0.39 is 17.9 Å². The number of nitrogens with zero attached hydrogens (tertiary/aromatic N) is 1. The predicted molar refractivity (Wildman–Crippen MR) is 161 cm³/mol. The Bertz CT molecular complexity index is 1610. The fraction of sp³-hybridized carbons (Fsp3) is 0.226.